The van der Waals surface area contributed by atoms with E-state index in [9.17, 15) is 10.1 Å². The van der Waals surface area contributed by atoms with Crippen molar-refractivity contribution in [2.75, 3.05) is 0 Å². The number of rotatable bonds is 6. The molecule has 78 valence electrons. The largest absolute Gasteiger partial charge is 0.411 e. The van der Waals surface area contributed by atoms with Crippen LogP contribution >= 0.6 is 0 Å². The highest BCUT2D eigenvalue weighted by molar-refractivity contribution is 5.94. The molecule has 5 nitrogen and oxygen atoms in total. The van der Waals surface area contributed by atoms with Crippen LogP contribution in [0.25, 0.3) is 0 Å². The molecule has 0 fully saturated rings. The molecule has 0 bridgehead atoms. The Kier molecular flexibility index (Phi) is 6.02. The number of allylic oxidation sites excluding steroid dienone is 2. The van der Waals surface area contributed by atoms with E-state index in [-0.39, 0.29) is 0 Å². The summed E-state index contributed by atoms with van der Waals surface area (Å²) in [6.45, 7) is 4.98. The minimum absolute atomic E-state index is 0.415. The van der Waals surface area contributed by atoms with E-state index in [0.29, 0.717) is 18.6 Å². The van der Waals surface area contributed by atoms with Gasteiger partial charge in [0, 0.05) is 11.8 Å². The van der Waals surface area contributed by atoms with E-state index >= 15 is 0 Å². The number of hydrogen-bond donors (Lipinski definition) is 1. The minimum Gasteiger partial charge on any atom is -0.411 e. The van der Waals surface area contributed by atoms with Gasteiger partial charge in [-0.15, -0.1) is 6.58 Å². The number of hydrogen-bond acceptors (Lipinski definition) is 4. The molecule has 0 rings (SSSR count). The zero-order valence-corrected chi connectivity index (χ0v) is 8.09. The zero-order valence-electron chi connectivity index (χ0n) is 8.09. The topological polar surface area (TPSA) is 75.7 Å². The minimum atomic E-state index is -0.768. The lowest BCUT2D eigenvalue weighted by Crippen LogP contribution is -2.11. The molecular weight excluding hydrogens is 184 g/mol. The second-order valence-electron chi connectivity index (χ2n) is 2.80. The van der Waals surface area contributed by atoms with Crippen LogP contribution in [0.4, 0.5) is 0 Å². The van der Waals surface area contributed by atoms with E-state index < -0.39 is 11.0 Å². The molecule has 0 saturated heterocycles. The first-order chi connectivity index (χ1) is 6.61. The van der Waals surface area contributed by atoms with Crippen molar-refractivity contribution < 1.29 is 10.1 Å². The summed E-state index contributed by atoms with van der Waals surface area (Å²) < 4.78 is 0. The first-order valence-corrected chi connectivity index (χ1v) is 4.25. The Morgan fingerprint density at radius 1 is 1.79 bits per heavy atom. The van der Waals surface area contributed by atoms with E-state index in [1.54, 1.807) is 6.08 Å². The van der Waals surface area contributed by atoms with Gasteiger partial charge in [0.05, 0.1) is 5.71 Å². The average molecular weight is 198 g/mol. The molecule has 0 aromatic carbocycles. The lowest BCUT2D eigenvalue weighted by Gasteiger charge is -1.97. The summed E-state index contributed by atoms with van der Waals surface area (Å²) >= 11 is 0. The third kappa shape index (κ3) is 5.08. The Morgan fingerprint density at radius 2 is 2.43 bits per heavy atom. The molecule has 0 heterocycles. The van der Waals surface area contributed by atoms with Crippen molar-refractivity contribution in [3.63, 3.8) is 0 Å². The SMILES string of the molecule is C=CCCC(C=CC(C)[N+](=O)[O-])=NO. The normalized spacial score (nSPS) is 14.2. The summed E-state index contributed by atoms with van der Waals surface area (Å²) in [4.78, 5) is 9.83. The van der Waals surface area contributed by atoms with Gasteiger partial charge in [-0.3, -0.25) is 10.1 Å². The van der Waals surface area contributed by atoms with E-state index in [2.05, 4.69) is 11.7 Å². The monoisotopic (exact) mass is 198 g/mol. The van der Waals surface area contributed by atoms with Crippen LogP contribution < -0.4 is 0 Å². The third-order valence-electron chi connectivity index (χ3n) is 1.63. The van der Waals surface area contributed by atoms with Gasteiger partial charge in [0.2, 0.25) is 6.04 Å². The molecule has 1 N–H and O–H groups in total. The summed E-state index contributed by atoms with van der Waals surface area (Å²) in [6, 6.07) is -0.768. The van der Waals surface area contributed by atoms with Crippen molar-refractivity contribution >= 4 is 5.71 Å². The van der Waals surface area contributed by atoms with Gasteiger partial charge in [-0.1, -0.05) is 11.2 Å². The molecule has 0 aliphatic carbocycles. The summed E-state index contributed by atoms with van der Waals surface area (Å²) in [7, 11) is 0. The van der Waals surface area contributed by atoms with Crippen LogP contribution in [0.3, 0.4) is 0 Å². The van der Waals surface area contributed by atoms with E-state index in [1.807, 2.05) is 0 Å². The van der Waals surface area contributed by atoms with Gasteiger partial charge >= 0.3 is 0 Å². The van der Waals surface area contributed by atoms with Crippen LogP contribution in [0.5, 0.6) is 0 Å². The molecule has 0 aliphatic rings. The van der Waals surface area contributed by atoms with Crippen LogP contribution in [0.15, 0.2) is 30.0 Å². The quantitative estimate of drug-likeness (QED) is 0.233. The fraction of sp³-hybridized carbons (Fsp3) is 0.444. The van der Waals surface area contributed by atoms with E-state index in [4.69, 9.17) is 5.21 Å². The van der Waals surface area contributed by atoms with Crippen LogP contribution in [-0.4, -0.2) is 21.9 Å². The predicted molar refractivity (Wildman–Crippen MR) is 54.2 cm³/mol. The molecular formula is C9H14N2O3. The van der Waals surface area contributed by atoms with Crippen molar-refractivity contribution in [1.82, 2.24) is 0 Å². The molecule has 14 heavy (non-hydrogen) atoms. The lowest BCUT2D eigenvalue weighted by atomic mass is 10.2. The molecule has 0 aromatic heterocycles. The molecule has 0 saturated carbocycles. The van der Waals surface area contributed by atoms with Crippen molar-refractivity contribution in [2.45, 2.75) is 25.8 Å². The Balaban J connectivity index is 4.17. The van der Waals surface area contributed by atoms with Gasteiger partial charge < -0.3 is 5.21 Å². The smallest absolute Gasteiger partial charge is 0.228 e. The Bertz CT molecular complexity index is 259. The van der Waals surface area contributed by atoms with Gasteiger partial charge in [-0.2, -0.15) is 0 Å². The molecule has 1 atom stereocenters. The summed E-state index contributed by atoms with van der Waals surface area (Å²) in [5.74, 6) is 0. The van der Waals surface area contributed by atoms with Gasteiger partial charge in [0.1, 0.15) is 0 Å². The van der Waals surface area contributed by atoms with Crippen molar-refractivity contribution in [2.24, 2.45) is 5.16 Å². The van der Waals surface area contributed by atoms with Gasteiger partial charge in [-0.25, -0.2) is 0 Å². The zero-order chi connectivity index (χ0) is 11.0. The number of nitrogens with zero attached hydrogens (tertiary/aromatic N) is 2. The van der Waals surface area contributed by atoms with Crippen LogP contribution in [0, 0.1) is 10.1 Å². The summed E-state index contributed by atoms with van der Waals surface area (Å²) in [5.41, 5.74) is 0.415. The first-order valence-electron chi connectivity index (χ1n) is 4.25. The lowest BCUT2D eigenvalue weighted by molar-refractivity contribution is -0.504. The molecule has 5 heteroatoms. The molecule has 0 radical (unpaired) electrons. The molecule has 0 amide bonds. The Hall–Kier alpha value is -1.65. The fourth-order valence-electron chi connectivity index (χ4n) is 0.737. The highest BCUT2D eigenvalue weighted by Crippen LogP contribution is 1.98. The molecule has 0 spiro atoms. The maximum atomic E-state index is 10.2. The van der Waals surface area contributed by atoms with Crippen molar-refractivity contribution in [3.05, 3.63) is 34.9 Å². The van der Waals surface area contributed by atoms with Gasteiger partial charge in [0.15, 0.2) is 0 Å². The van der Waals surface area contributed by atoms with Crippen molar-refractivity contribution in [3.8, 4) is 0 Å². The second kappa shape index (κ2) is 6.82. The fourth-order valence-corrected chi connectivity index (χ4v) is 0.737. The highest BCUT2D eigenvalue weighted by Gasteiger charge is 2.07. The Labute approximate surface area is 82.6 Å². The first kappa shape index (κ1) is 12.3. The average Bonchev–Trinajstić information content (AvgIpc) is 2.17. The van der Waals surface area contributed by atoms with Gasteiger partial charge in [0.25, 0.3) is 0 Å². The van der Waals surface area contributed by atoms with Crippen molar-refractivity contribution in [1.29, 1.82) is 0 Å². The molecule has 1 unspecified atom stereocenters. The van der Waals surface area contributed by atoms with E-state index in [0.717, 1.165) is 0 Å². The maximum Gasteiger partial charge on any atom is 0.228 e. The maximum absolute atomic E-state index is 10.2. The third-order valence-corrected chi connectivity index (χ3v) is 1.63. The number of nitro groups is 1. The second-order valence-corrected chi connectivity index (χ2v) is 2.80. The van der Waals surface area contributed by atoms with Crippen LogP contribution in [0.1, 0.15) is 19.8 Å². The Morgan fingerprint density at radius 3 is 2.86 bits per heavy atom. The highest BCUT2D eigenvalue weighted by atomic mass is 16.6. The van der Waals surface area contributed by atoms with E-state index in [1.165, 1.54) is 19.1 Å². The van der Waals surface area contributed by atoms with Crippen LogP contribution in [0.2, 0.25) is 0 Å². The van der Waals surface area contributed by atoms with Crippen LogP contribution in [-0.2, 0) is 0 Å². The summed E-state index contributed by atoms with van der Waals surface area (Å²) in [5, 5.41) is 21.8. The summed E-state index contributed by atoms with van der Waals surface area (Å²) in [6.07, 6.45) is 5.74. The molecule has 0 aromatic rings. The molecule has 0 aliphatic heterocycles. The standard InChI is InChI=1S/C9H14N2O3/c1-3-4-5-9(10-12)7-6-8(2)11(13)14/h3,6-8,12H,1,4-5H2,2H3. The van der Waals surface area contributed by atoms with Gasteiger partial charge in [-0.05, 0) is 25.0 Å². The number of oxime groups is 1. The predicted octanol–water partition coefficient (Wildman–Crippen LogP) is 2.00.